The summed E-state index contributed by atoms with van der Waals surface area (Å²) in [7, 11) is 0. The lowest BCUT2D eigenvalue weighted by atomic mass is 10.0. The number of hydrogen-bond acceptors (Lipinski definition) is 4. The van der Waals surface area contributed by atoms with Crippen LogP contribution in [-0.4, -0.2) is 36.9 Å². The van der Waals surface area contributed by atoms with Gasteiger partial charge in [-0.3, -0.25) is 9.78 Å². The molecule has 1 saturated carbocycles. The van der Waals surface area contributed by atoms with Crippen molar-refractivity contribution >= 4 is 17.1 Å². The number of fused-ring (bicyclic) bond motifs is 2. The molecule has 0 N–H and O–H groups in total. The summed E-state index contributed by atoms with van der Waals surface area (Å²) in [6.45, 7) is 1.30. The zero-order chi connectivity index (χ0) is 17.5. The molecule has 0 aromatic carbocycles. The molecule has 6 nitrogen and oxygen atoms in total. The van der Waals surface area contributed by atoms with Gasteiger partial charge in [-0.05, 0) is 30.5 Å². The summed E-state index contributed by atoms with van der Waals surface area (Å²) in [5, 5.41) is 0. The standard InChI is InChI=1S/C20H21N5O/c26-20(24-9-7-17-14(12-24)4-3-8-21-17)15-10-18-19(22-11-15)25(13-23-18)16-5-1-2-6-16/h3-4,8,10-11,13,16H,1-2,5-7,9,12H2. The third-order valence-electron chi connectivity index (χ3n) is 5.63. The maximum atomic E-state index is 12.9. The predicted octanol–water partition coefficient (Wildman–Crippen LogP) is 3.14. The van der Waals surface area contributed by atoms with Crippen LogP contribution in [0.4, 0.5) is 0 Å². The van der Waals surface area contributed by atoms with E-state index in [4.69, 9.17) is 0 Å². The first kappa shape index (κ1) is 15.5. The maximum absolute atomic E-state index is 12.9. The monoisotopic (exact) mass is 347 g/mol. The second-order valence-electron chi connectivity index (χ2n) is 7.24. The van der Waals surface area contributed by atoms with E-state index in [9.17, 15) is 4.79 Å². The van der Waals surface area contributed by atoms with Crippen molar-refractivity contribution in [1.82, 2.24) is 24.4 Å². The number of aromatic nitrogens is 4. The van der Waals surface area contributed by atoms with E-state index in [2.05, 4.69) is 19.5 Å². The zero-order valence-corrected chi connectivity index (χ0v) is 14.6. The van der Waals surface area contributed by atoms with Gasteiger partial charge in [0.2, 0.25) is 0 Å². The highest BCUT2D eigenvalue weighted by molar-refractivity contribution is 5.96. The molecule has 1 amide bonds. The van der Waals surface area contributed by atoms with Gasteiger partial charge < -0.3 is 9.47 Å². The Kier molecular flexibility index (Phi) is 3.69. The van der Waals surface area contributed by atoms with Gasteiger partial charge in [0.1, 0.15) is 5.52 Å². The molecular weight excluding hydrogens is 326 g/mol. The Labute approximate surface area is 151 Å². The molecule has 0 saturated heterocycles. The molecule has 5 rings (SSSR count). The molecule has 1 fully saturated rings. The van der Waals surface area contributed by atoms with Crippen molar-refractivity contribution in [2.75, 3.05) is 6.54 Å². The van der Waals surface area contributed by atoms with E-state index in [0.29, 0.717) is 24.7 Å². The van der Waals surface area contributed by atoms with Gasteiger partial charge in [0, 0.05) is 43.6 Å². The van der Waals surface area contributed by atoms with E-state index < -0.39 is 0 Å². The Hall–Kier alpha value is -2.76. The van der Waals surface area contributed by atoms with Gasteiger partial charge in [0.05, 0.1) is 11.9 Å². The summed E-state index contributed by atoms with van der Waals surface area (Å²) in [6, 6.07) is 6.36. The second-order valence-corrected chi connectivity index (χ2v) is 7.24. The quantitative estimate of drug-likeness (QED) is 0.714. The first-order valence-corrected chi connectivity index (χ1v) is 9.34. The molecular formula is C20H21N5O. The molecule has 4 heterocycles. The van der Waals surface area contributed by atoms with Crippen LogP contribution in [0.25, 0.3) is 11.2 Å². The third kappa shape index (κ3) is 2.57. The van der Waals surface area contributed by atoms with Crippen molar-refractivity contribution < 1.29 is 4.79 Å². The molecule has 0 bridgehead atoms. The topological polar surface area (TPSA) is 63.9 Å². The van der Waals surface area contributed by atoms with E-state index in [1.165, 1.54) is 25.7 Å². The van der Waals surface area contributed by atoms with E-state index in [-0.39, 0.29) is 5.91 Å². The number of nitrogens with zero attached hydrogens (tertiary/aromatic N) is 5. The lowest BCUT2D eigenvalue weighted by Gasteiger charge is -2.28. The van der Waals surface area contributed by atoms with Crippen LogP contribution in [0.5, 0.6) is 0 Å². The number of rotatable bonds is 2. The Morgan fingerprint density at radius 2 is 2.04 bits per heavy atom. The molecule has 3 aromatic heterocycles. The summed E-state index contributed by atoms with van der Waals surface area (Å²) in [6.07, 6.45) is 11.1. The van der Waals surface area contributed by atoms with Crippen LogP contribution in [-0.2, 0) is 13.0 Å². The van der Waals surface area contributed by atoms with Gasteiger partial charge in [0.15, 0.2) is 5.65 Å². The van der Waals surface area contributed by atoms with Crippen LogP contribution >= 0.6 is 0 Å². The van der Waals surface area contributed by atoms with Gasteiger partial charge in [-0.25, -0.2) is 9.97 Å². The van der Waals surface area contributed by atoms with Crippen LogP contribution in [0.2, 0.25) is 0 Å². The molecule has 0 unspecified atom stereocenters. The molecule has 0 radical (unpaired) electrons. The van der Waals surface area contributed by atoms with Gasteiger partial charge in [0.25, 0.3) is 5.91 Å². The molecule has 2 aliphatic rings. The van der Waals surface area contributed by atoms with E-state index in [0.717, 1.165) is 28.8 Å². The van der Waals surface area contributed by atoms with Crippen molar-refractivity contribution in [3.8, 4) is 0 Å². The molecule has 3 aromatic rings. The fourth-order valence-electron chi connectivity index (χ4n) is 4.21. The first-order valence-electron chi connectivity index (χ1n) is 9.34. The average molecular weight is 347 g/mol. The second kappa shape index (κ2) is 6.20. The van der Waals surface area contributed by atoms with Crippen LogP contribution in [0.1, 0.15) is 53.3 Å². The number of amides is 1. The highest BCUT2D eigenvalue weighted by atomic mass is 16.2. The fraction of sp³-hybridized carbons (Fsp3) is 0.400. The minimum Gasteiger partial charge on any atom is -0.334 e. The molecule has 0 spiro atoms. The maximum Gasteiger partial charge on any atom is 0.255 e. The summed E-state index contributed by atoms with van der Waals surface area (Å²) in [4.78, 5) is 28.3. The molecule has 132 valence electrons. The van der Waals surface area contributed by atoms with E-state index >= 15 is 0 Å². The van der Waals surface area contributed by atoms with Crippen molar-refractivity contribution in [3.05, 3.63) is 53.7 Å². The molecule has 0 atom stereocenters. The van der Waals surface area contributed by atoms with Gasteiger partial charge in [-0.2, -0.15) is 0 Å². The van der Waals surface area contributed by atoms with Gasteiger partial charge >= 0.3 is 0 Å². The van der Waals surface area contributed by atoms with Crippen LogP contribution in [0.15, 0.2) is 36.9 Å². The van der Waals surface area contributed by atoms with Crippen LogP contribution < -0.4 is 0 Å². The lowest BCUT2D eigenvalue weighted by molar-refractivity contribution is 0.0733. The van der Waals surface area contributed by atoms with Crippen LogP contribution in [0, 0.1) is 0 Å². The van der Waals surface area contributed by atoms with Crippen molar-refractivity contribution in [2.24, 2.45) is 0 Å². The predicted molar refractivity (Wildman–Crippen MR) is 97.7 cm³/mol. The number of carbonyl (C=O) groups is 1. The SMILES string of the molecule is O=C(c1cnc2c(c1)ncn2C1CCCC1)N1CCc2ncccc2C1. The molecule has 1 aliphatic carbocycles. The summed E-state index contributed by atoms with van der Waals surface area (Å²) < 4.78 is 2.18. The largest absolute Gasteiger partial charge is 0.334 e. The molecule has 6 heteroatoms. The number of pyridine rings is 2. The number of carbonyl (C=O) groups excluding carboxylic acids is 1. The zero-order valence-electron chi connectivity index (χ0n) is 14.6. The van der Waals surface area contributed by atoms with Crippen LogP contribution in [0.3, 0.4) is 0 Å². The smallest absolute Gasteiger partial charge is 0.255 e. The Morgan fingerprint density at radius 1 is 1.15 bits per heavy atom. The number of imidazole rings is 1. The molecule has 1 aliphatic heterocycles. The summed E-state index contributed by atoms with van der Waals surface area (Å²) in [5.41, 5.74) is 4.54. The van der Waals surface area contributed by atoms with E-state index in [1.807, 2.05) is 35.6 Å². The lowest BCUT2D eigenvalue weighted by Crippen LogP contribution is -2.36. The van der Waals surface area contributed by atoms with Crippen molar-refractivity contribution in [1.29, 1.82) is 0 Å². The number of hydrogen-bond donors (Lipinski definition) is 0. The summed E-state index contributed by atoms with van der Waals surface area (Å²) >= 11 is 0. The average Bonchev–Trinajstić information content (AvgIpc) is 3.35. The minimum absolute atomic E-state index is 0.0179. The van der Waals surface area contributed by atoms with E-state index in [1.54, 1.807) is 6.20 Å². The van der Waals surface area contributed by atoms with Crippen molar-refractivity contribution in [3.63, 3.8) is 0 Å². The third-order valence-corrected chi connectivity index (χ3v) is 5.63. The highest BCUT2D eigenvalue weighted by Crippen LogP contribution is 2.31. The van der Waals surface area contributed by atoms with Crippen molar-refractivity contribution in [2.45, 2.75) is 44.7 Å². The van der Waals surface area contributed by atoms with Gasteiger partial charge in [-0.15, -0.1) is 0 Å². The Morgan fingerprint density at radius 3 is 2.92 bits per heavy atom. The highest BCUT2D eigenvalue weighted by Gasteiger charge is 2.24. The first-order chi connectivity index (χ1) is 12.8. The molecule has 26 heavy (non-hydrogen) atoms. The summed E-state index contributed by atoms with van der Waals surface area (Å²) in [5.74, 6) is 0.0179. The minimum atomic E-state index is 0.0179. The Balaban J connectivity index is 1.41. The van der Waals surface area contributed by atoms with Gasteiger partial charge in [-0.1, -0.05) is 18.9 Å². The normalized spacial score (nSPS) is 17.6. The fourth-order valence-corrected chi connectivity index (χ4v) is 4.21. The Bertz CT molecular complexity index is 973.